The third-order valence-electron chi connectivity index (χ3n) is 5.96. The van der Waals surface area contributed by atoms with E-state index >= 15 is 0 Å². The van der Waals surface area contributed by atoms with Crippen molar-refractivity contribution in [3.8, 4) is 5.75 Å². The highest BCUT2D eigenvalue weighted by molar-refractivity contribution is 7.89. The van der Waals surface area contributed by atoms with E-state index in [9.17, 15) is 27.1 Å². The molecule has 2 aromatic carbocycles. The van der Waals surface area contributed by atoms with Gasteiger partial charge in [0.2, 0.25) is 10.0 Å². The zero-order chi connectivity index (χ0) is 28.8. The van der Waals surface area contributed by atoms with Crippen molar-refractivity contribution in [1.82, 2.24) is 20.3 Å². The number of urea groups is 1. The second kappa shape index (κ2) is 16.3. The molecule has 39 heavy (non-hydrogen) atoms. The highest BCUT2D eigenvalue weighted by Gasteiger charge is 2.24. The topological polar surface area (TPSA) is 120 Å². The number of halogens is 2. The summed E-state index contributed by atoms with van der Waals surface area (Å²) in [6, 6.07) is 8.77. The normalized spacial score (nSPS) is 13.2. The van der Waals surface area contributed by atoms with Crippen LogP contribution in [0.2, 0.25) is 0 Å². The lowest BCUT2D eigenvalue weighted by atomic mass is 10.0. The molecular formula is C27H40F2N4O5S. The van der Waals surface area contributed by atoms with E-state index in [1.165, 1.54) is 4.31 Å². The molecule has 0 saturated carbocycles. The van der Waals surface area contributed by atoms with E-state index in [4.69, 9.17) is 4.74 Å². The molecule has 0 unspecified atom stereocenters. The molecule has 2 atom stereocenters. The second-order valence-electron chi connectivity index (χ2n) is 9.25. The molecule has 0 saturated heterocycles. The summed E-state index contributed by atoms with van der Waals surface area (Å²) in [5.74, 6) is -1.13. The largest absolute Gasteiger partial charge is 0.497 e. The zero-order valence-electron chi connectivity index (χ0n) is 22.8. The first-order valence-corrected chi connectivity index (χ1v) is 14.7. The predicted molar refractivity (Wildman–Crippen MR) is 147 cm³/mol. The standard InChI is InChI=1S/C27H40F2N4O5S/c1-4-10-33(11-5-2)39(36,37)12-9-31-27(35)32-25(16-21-13-22(28)17-23(29)14-21)26(34)19-30-18-20-7-6-8-24(15-20)38-3/h6-8,13-15,17,25-26,30,34H,4-5,9-12,16,18-19H2,1-3H3,(H2,31,32,35)/t25-,26+/m0/s1. The quantitative estimate of drug-likeness (QED) is 0.232. The summed E-state index contributed by atoms with van der Waals surface area (Å²) in [5, 5.41) is 19.1. The van der Waals surface area contributed by atoms with Crippen molar-refractivity contribution in [3.63, 3.8) is 0 Å². The van der Waals surface area contributed by atoms with Crippen LogP contribution in [0.25, 0.3) is 0 Å². The summed E-state index contributed by atoms with van der Waals surface area (Å²) < 4.78 is 59.4. The molecule has 0 aliphatic heterocycles. The number of aliphatic hydroxyl groups is 1. The fraction of sp³-hybridized carbons (Fsp3) is 0.519. The van der Waals surface area contributed by atoms with Crippen molar-refractivity contribution in [3.05, 3.63) is 65.2 Å². The van der Waals surface area contributed by atoms with Crippen LogP contribution in [-0.4, -0.2) is 75.0 Å². The third kappa shape index (κ3) is 11.5. The van der Waals surface area contributed by atoms with Gasteiger partial charge in [-0.25, -0.2) is 26.3 Å². The number of aliphatic hydroxyl groups excluding tert-OH is 1. The smallest absolute Gasteiger partial charge is 0.315 e. The fourth-order valence-corrected chi connectivity index (χ4v) is 5.63. The minimum Gasteiger partial charge on any atom is -0.497 e. The van der Waals surface area contributed by atoms with Crippen LogP contribution in [0.1, 0.15) is 37.8 Å². The van der Waals surface area contributed by atoms with E-state index in [0.29, 0.717) is 38.2 Å². The Morgan fingerprint density at radius 3 is 2.33 bits per heavy atom. The minimum absolute atomic E-state index is 0.0524. The first-order valence-electron chi connectivity index (χ1n) is 13.1. The molecule has 12 heteroatoms. The molecule has 0 aliphatic rings. The molecule has 0 spiro atoms. The van der Waals surface area contributed by atoms with E-state index in [1.54, 1.807) is 7.11 Å². The molecule has 0 radical (unpaired) electrons. The van der Waals surface area contributed by atoms with Crippen molar-refractivity contribution < 1.29 is 31.8 Å². The first-order chi connectivity index (χ1) is 18.6. The number of hydrogen-bond donors (Lipinski definition) is 4. The summed E-state index contributed by atoms with van der Waals surface area (Å²) in [6.45, 7) is 4.94. The summed E-state index contributed by atoms with van der Waals surface area (Å²) >= 11 is 0. The van der Waals surface area contributed by atoms with Gasteiger partial charge >= 0.3 is 6.03 Å². The first kappa shape index (κ1) is 32.4. The SMILES string of the molecule is CCCN(CCC)S(=O)(=O)CCNC(=O)N[C@@H](Cc1cc(F)cc(F)c1)[C@H](O)CNCc1cccc(OC)c1. The molecule has 2 aromatic rings. The molecule has 0 aromatic heterocycles. The number of carbonyl (C=O) groups is 1. The molecule has 0 heterocycles. The number of rotatable bonds is 17. The van der Waals surface area contributed by atoms with E-state index in [0.717, 1.165) is 23.8 Å². The number of hydrogen-bond acceptors (Lipinski definition) is 6. The van der Waals surface area contributed by atoms with Gasteiger partial charge in [-0.15, -0.1) is 0 Å². The number of carbonyl (C=O) groups excluding carboxylic acids is 1. The van der Waals surface area contributed by atoms with E-state index in [1.807, 2.05) is 38.1 Å². The van der Waals surface area contributed by atoms with Gasteiger partial charge in [0.1, 0.15) is 17.4 Å². The van der Waals surface area contributed by atoms with Crippen molar-refractivity contribution in [2.24, 2.45) is 0 Å². The Kier molecular flexibility index (Phi) is 13.6. The Morgan fingerprint density at radius 1 is 1.05 bits per heavy atom. The molecule has 9 nitrogen and oxygen atoms in total. The fourth-order valence-electron chi connectivity index (χ4n) is 4.09. The molecule has 4 N–H and O–H groups in total. The zero-order valence-corrected chi connectivity index (χ0v) is 23.6. The predicted octanol–water partition coefficient (Wildman–Crippen LogP) is 2.79. The second-order valence-corrected chi connectivity index (χ2v) is 11.3. The monoisotopic (exact) mass is 570 g/mol. The third-order valence-corrected chi connectivity index (χ3v) is 7.83. The van der Waals surface area contributed by atoms with Crippen LogP contribution in [-0.2, 0) is 23.0 Å². The lowest BCUT2D eigenvalue weighted by Gasteiger charge is -2.25. The van der Waals surface area contributed by atoms with Gasteiger partial charge in [-0.05, 0) is 54.7 Å². The number of nitrogens with one attached hydrogen (secondary N) is 3. The highest BCUT2D eigenvalue weighted by atomic mass is 32.2. The van der Waals surface area contributed by atoms with E-state index < -0.39 is 39.8 Å². The number of amides is 2. The van der Waals surface area contributed by atoms with Gasteiger partial charge in [-0.1, -0.05) is 26.0 Å². The summed E-state index contributed by atoms with van der Waals surface area (Å²) in [7, 11) is -1.99. The maximum atomic E-state index is 13.8. The van der Waals surface area contributed by atoms with Crippen LogP contribution in [0.3, 0.4) is 0 Å². The van der Waals surface area contributed by atoms with Crippen LogP contribution in [0.4, 0.5) is 13.6 Å². The van der Waals surface area contributed by atoms with Crippen LogP contribution in [0, 0.1) is 11.6 Å². The van der Waals surface area contributed by atoms with Crippen molar-refractivity contribution in [1.29, 1.82) is 0 Å². The lowest BCUT2D eigenvalue weighted by molar-refractivity contribution is 0.126. The van der Waals surface area contributed by atoms with Crippen LogP contribution in [0.5, 0.6) is 5.75 Å². The highest BCUT2D eigenvalue weighted by Crippen LogP contribution is 2.14. The number of methoxy groups -OCH3 is 1. The molecule has 0 fully saturated rings. The number of benzene rings is 2. The maximum Gasteiger partial charge on any atom is 0.315 e. The van der Waals surface area contributed by atoms with Gasteiger partial charge in [-0.2, -0.15) is 0 Å². The van der Waals surface area contributed by atoms with Crippen molar-refractivity contribution in [2.45, 2.75) is 51.8 Å². The minimum atomic E-state index is -3.55. The Balaban J connectivity index is 2.02. The summed E-state index contributed by atoms with van der Waals surface area (Å²) in [6.07, 6.45) is 0.183. The van der Waals surface area contributed by atoms with E-state index in [2.05, 4.69) is 16.0 Å². The molecule has 2 rings (SSSR count). The Hall–Kier alpha value is -2.80. The Bertz CT molecular complexity index is 1130. The number of sulfonamides is 1. The summed E-state index contributed by atoms with van der Waals surface area (Å²) in [4.78, 5) is 12.6. The van der Waals surface area contributed by atoms with Crippen LogP contribution >= 0.6 is 0 Å². The van der Waals surface area contributed by atoms with Crippen LogP contribution < -0.4 is 20.7 Å². The van der Waals surface area contributed by atoms with Gasteiger partial charge in [0.25, 0.3) is 0 Å². The van der Waals surface area contributed by atoms with Gasteiger partial charge in [-0.3, -0.25) is 0 Å². The Morgan fingerprint density at radius 2 is 1.72 bits per heavy atom. The summed E-state index contributed by atoms with van der Waals surface area (Å²) in [5.41, 5.74) is 1.17. The van der Waals surface area contributed by atoms with Gasteiger partial charge in [0.15, 0.2) is 0 Å². The van der Waals surface area contributed by atoms with Crippen LogP contribution in [0.15, 0.2) is 42.5 Å². The number of nitrogens with zero attached hydrogens (tertiary/aromatic N) is 1. The Labute approximate surface area is 230 Å². The van der Waals surface area contributed by atoms with E-state index in [-0.39, 0.29) is 30.8 Å². The maximum absolute atomic E-state index is 13.8. The number of ether oxygens (including phenoxy) is 1. The van der Waals surface area contributed by atoms with Gasteiger partial charge in [0.05, 0.1) is 25.0 Å². The van der Waals surface area contributed by atoms with Crippen molar-refractivity contribution in [2.75, 3.05) is 39.0 Å². The molecule has 2 amide bonds. The average molecular weight is 571 g/mol. The van der Waals surface area contributed by atoms with Gasteiger partial charge in [0, 0.05) is 38.8 Å². The van der Waals surface area contributed by atoms with Gasteiger partial charge < -0.3 is 25.8 Å². The molecule has 0 aliphatic carbocycles. The lowest BCUT2D eigenvalue weighted by Crippen LogP contribution is -2.52. The average Bonchev–Trinajstić information content (AvgIpc) is 2.87. The van der Waals surface area contributed by atoms with Crippen molar-refractivity contribution >= 4 is 16.1 Å². The molecule has 0 bridgehead atoms. The molecule has 218 valence electrons. The molecular weight excluding hydrogens is 530 g/mol.